The molecule has 1 spiro atoms. The van der Waals surface area contributed by atoms with Crippen molar-refractivity contribution in [3.63, 3.8) is 0 Å². The summed E-state index contributed by atoms with van der Waals surface area (Å²) >= 11 is 0.946. The average Bonchev–Trinajstić information content (AvgIpc) is 3.60. The number of hydrogen-bond donors (Lipinski definition) is 5. The van der Waals surface area contributed by atoms with E-state index in [1.165, 1.54) is 12.1 Å². The Morgan fingerprint density at radius 2 is 2.00 bits per heavy atom. The monoisotopic (exact) mass is 668 g/mol. The van der Waals surface area contributed by atoms with Crippen LogP contribution in [0.15, 0.2) is 40.2 Å². The summed E-state index contributed by atoms with van der Waals surface area (Å²) in [5.74, 6) is -0.779. The van der Waals surface area contributed by atoms with E-state index in [0.717, 1.165) is 54.1 Å². The second-order valence-electron chi connectivity index (χ2n) is 12.8. The van der Waals surface area contributed by atoms with Gasteiger partial charge in [0, 0.05) is 57.0 Å². The zero-order chi connectivity index (χ0) is 33.1. The number of carbonyl (C=O) groups excluding carboxylic acids is 2. The van der Waals surface area contributed by atoms with Crippen LogP contribution in [0.4, 0.5) is 4.39 Å². The van der Waals surface area contributed by atoms with E-state index in [4.69, 9.17) is 4.74 Å². The maximum Gasteiger partial charge on any atom is 0.305 e. The number of benzene rings is 2. The van der Waals surface area contributed by atoms with Crippen LogP contribution in [0.25, 0.3) is 10.2 Å². The zero-order valence-corrected chi connectivity index (χ0v) is 27.2. The molecule has 252 valence electrons. The first-order chi connectivity index (χ1) is 22.6. The molecule has 0 saturated carbocycles. The van der Waals surface area contributed by atoms with Crippen molar-refractivity contribution in [2.24, 2.45) is 11.0 Å². The molecule has 14 heteroatoms. The van der Waals surface area contributed by atoms with Crippen molar-refractivity contribution in [1.82, 2.24) is 25.5 Å². The number of nitrogens with zero attached hydrogens (tertiary/aromatic N) is 3. The number of aromatic amines is 1. The van der Waals surface area contributed by atoms with E-state index in [0.29, 0.717) is 67.8 Å². The van der Waals surface area contributed by atoms with E-state index >= 15 is 0 Å². The van der Waals surface area contributed by atoms with Gasteiger partial charge in [-0.3, -0.25) is 19.3 Å². The number of fused-ring (bicyclic) bond motifs is 1. The predicted molar refractivity (Wildman–Crippen MR) is 176 cm³/mol. The van der Waals surface area contributed by atoms with Crippen molar-refractivity contribution in [2.45, 2.75) is 57.3 Å². The van der Waals surface area contributed by atoms with Gasteiger partial charge in [0.1, 0.15) is 17.1 Å². The molecular formula is C33H41FN6O6S. The number of aromatic hydroxyl groups is 1. The number of aliphatic hydroxyl groups is 1. The molecule has 1 aromatic heterocycles. The van der Waals surface area contributed by atoms with Gasteiger partial charge in [-0.2, -0.15) is 5.10 Å². The number of aromatic nitrogens is 1. The van der Waals surface area contributed by atoms with Gasteiger partial charge in [0.05, 0.1) is 28.9 Å². The second kappa shape index (κ2) is 14.2. The minimum Gasteiger partial charge on any atom is -0.506 e. The van der Waals surface area contributed by atoms with Crippen molar-refractivity contribution in [2.75, 3.05) is 45.9 Å². The number of likely N-dealkylation sites (tertiary alicyclic amines) is 1. The van der Waals surface area contributed by atoms with Crippen LogP contribution in [0.1, 0.15) is 55.4 Å². The maximum atomic E-state index is 14.6. The normalized spacial score (nSPS) is 20.5. The molecule has 0 bridgehead atoms. The quantitative estimate of drug-likeness (QED) is 0.195. The number of halogens is 1. The number of hydrogen-bond acceptors (Lipinski definition) is 10. The molecule has 2 amide bonds. The molecule has 12 nitrogen and oxygen atoms in total. The third kappa shape index (κ3) is 7.73. The van der Waals surface area contributed by atoms with Crippen LogP contribution in [0, 0.1) is 11.7 Å². The van der Waals surface area contributed by atoms with Gasteiger partial charge >= 0.3 is 4.87 Å². The Morgan fingerprint density at radius 1 is 1.21 bits per heavy atom. The van der Waals surface area contributed by atoms with E-state index in [1.807, 2.05) is 11.0 Å². The first-order valence-electron chi connectivity index (χ1n) is 16.1. The summed E-state index contributed by atoms with van der Waals surface area (Å²) in [5, 5.41) is 27.9. The Labute approximate surface area is 275 Å². The number of carbonyl (C=O) groups is 2. The number of ether oxygens (including phenoxy) is 1. The lowest BCUT2D eigenvalue weighted by Crippen LogP contribution is -2.58. The highest BCUT2D eigenvalue weighted by Crippen LogP contribution is 2.33. The van der Waals surface area contributed by atoms with Gasteiger partial charge in [-0.15, -0.1) is 0 Å². The Hall–Kier alpha value is -3.69. The van der Waals surface area contributed by atoms with Crippen LogP contribution < -0.4 is 15.6 Å². The number of phenols is 1. The van der Waals surface area contributed by atoms with E-state index in [2.05, 4.69) is 25.7 Å². The van der Waals surface area contributed by atoms with E-state index in [-0.39, 0.29) is 46.3 Å². The smallest absolute Gasteiger partial charge is 0.305 e. The van der Waals surface area contributed by atoms with Crippen LogP contribution in [0.3, 0.4) is 0 Å². The molecule has 3 aliphatic heterocycles. The number of piperidine rings is 1. The van der Waals surface area contributed by atoms with Crippen molar-refractivity contribution in [3.8, 4) is 5.75 Å². The van der Waals surface area contributed by atoms with E-state index in [1.54, 1.807) is 19.1 Å². The van der Waals surface area contributed by atoms with Crippen molar-refractivity contribution in [3.05, 3.63) is 62.5 Å². The van der Waals surface area contributed by atoms with Gasteiger partial charge in [-0.05, 0) is 68.5 Å². The Kier molecular flexibility index (Phi) is 10.0. The fourth-order valence-corrected chi connectivity index (χ4v) is 7.75. The van der Waals surface area contributed by atoms with Crippen molar-refractivity contribution < 1.29 is 28.9 Å². The summed E-state index contributed by atoms with van der Waals surface area (Å²) in [6, 6.07) is 8.18. The highest BCUT2D eigenvalue weighted by Gasteiger charge is 2.41. The molecule has 6 rings (SSSR count). The first-order valence-corrected chi connectivity index (χ1v) is 16.9. The summed E-state index contributed by atoms with van der Waals surface area (Å²) in [6.45, 7) is 6.28. The van der Waals surface area contributed by atoms with Crippen LogP contribution in [-0.2, 0) is 27.3 Å². The summed E-state index contributed by atoms with van der Waals surface area (Å²) in [4.78, 5) is 43.2. The van der Waals surface area contributed by atoms with Gasteiger partial charge in [0.2, 0.25) is 11.8 Å². The number of H-pyrrole nitrogens is 1. The van der Waals surface area contributed by atoms with Gasteiger partial charge in [-0.25, -0.2) is 9.82 Å². The number of aliphatic hydroxyl groups excluding tert-OH is 1. The van der Waals surface area contributed by atoms with Crippen molar-refractivity contribution >= 4 is 39.1 Å². The molecule has 0 aliphatic carbocycles. The van der Waals surface area contributed by atoms with E-state index < -0.39 is 6.10 Å². The summed E-state index contributed by atoms with van der Waals surface area (Å²) < 4.78 is 21.4. The van der Waals surface area contributed by atoms with Gasteiger partial charge in [0.25, 0.3) is 0 Å². The average molecular weight is 669 g/mol. The molecule has 5 N–H and O–H groups in total. The molecule has 47 heavy (non-hydrogen) atoms. The third-order valence-electron chi connectivity index (χ3n) is 9.48. The number of morpholine rings is 1. The minimum atomic E-state index is -0.882. The molecule has 0 radical (unpaired) electrons. The molecule has 2 fully saturated rings. The van der Waals surface area contributed by atoms with E-state index in [9.17, 15) is 29.0 Å². The van der Waals surface area contributed by atoms with Crippen LogP contribution in [-0.4, -0.2) is 94.0 Å². The Balaban J connectivity index is 0.962. The minimum absolute atomic E-state index is 0.0375. The summed E-state index contributed by atoms with van der Waals surface area (Å²) in [6.07, 6.45) is 1.98. The SMILES string of the molecule is CC1=NNC(=O)C1CCC(=O)N1CCOC2(CCN(Cc3cc(F)cc(CCNC[C@H](O)c4ccc(O)c5[nH]c(=O)sc45)c3)CC2)C1. The number of thiazole rings is 1. The second-order valence-corrected chi connectivity index (χ2v) is 13.8. The summed E-state index contributed by atoms with van der Waals surface area (Å²) in [7, 11) is 0. The summed E-state index contributed by atoms with van der Waals surface area (Å²) in [5.41, 5.74) is 5.44. The number of hydrazone groups is 1. The van der Waals surface area contributed by atoms with Crippen molar-refractivity contribution in [1.29, 1.82) is 0 Å². The maximum absolute atomic E-state index is 14.6. The van der Waals surface area contributed by atoms with Gasteiger partial charge < -0.3 is 30.2 Å². The number of rotatable bonds is 11. The highest BCUT2D eigenvalue weighted by molar-refractivity contribution is 7.16. The highest BCUT2D eigenvalue weighted by atomic mass is 32.1. The first kappa shape index (κ1) is 33.2. The van der Waals surface area contributed by atoms with Crippen LogP contribution >= 0.6 is 11.3 Å². The lowest BCUT2D eigenvalue weighted by molar-refractivity contribution is -0.159. The molecule has 1 unspecified atom stereocenters. The lowest BCUT2D eigenvalue weighted by Gasteiger charge is -2.47. The Morgan fingerprint density at radius 3 is 2.77 bits per heavy atom. The lowest BCUT2D eigenvalue weighted by atomic mass is 9.88. The molecule has 2 saturated heterocycles. The van der Waals surface area contributed by atoms with Gasteiger partial charge in [0.15, 0.2) is 0 Å². The molecule has 2 aromatic carbocycles. The topological polar surface area (TPSA) is 160 Å². The molecule has 3 aliphatic rings. The van der Waals surface area contributed by atoms with Crippen LogP contribution in [0.2, 0.25) is 0 Å². The number of phenolic OH excluding ortho intramolecular Hbond substituents is 1. The van der Waals surface area contributed by atoms with Crippen LogP contribution in [0.5, 0.6) is 5.75 Å². The standard InChI is InChI=1S/C33H41FN6O6S/c1-20-24(31(44)38-37-20)3-5-28(43)40-12-13-46-33(19-40)7-10-39(11-8-33)18-22-14-21(15-23(34)16-22)6-9-35-17-27(42)25-2-4-26(41)29-30(25)47-32(45)36-29/h2,4,14-16,24,27,35,41-42H,3,5-13,17-19H2,1H3,(H,36,45)(H,38,44)/t24?,27-/m0/s1. The molecule has 3 aromatic rings. The fourth-order valence-electron chi connectivity index (χ4n) is 6.83. The number of nitrogens with one attached hydrogen (secondary N) is 3. The predicted octanol–water partition coefficient (Wildman–Crippen LogP) is 2.40. The molecule has 2 atom stereocenters. The fraction of sp³-hybridized carbons (Fsp3) is 0.515. The largest absolute Gasteiger partial charge is 0.506 e. The third-order valence-corrected chi connectivity index (χ3v) is 10.4. The molecular weight excluding hydrogens is 627 g/mol. The number of amides is 2. The van der Waals surface area contributed by atoms with Gasteiger partial charge in [-0.1, -0.05) is 23.5 Å². The zero-order valence-electron chi connectivity index (χ0n) is 26.4. The Bertz CT molecular complexity index is 1720. The molecule has 4 heterocycles.